The van der Waals surface area contributed by atoms with Gasteiger partial charge in [0.1, 0.15) is 6.07 Å². The molecular weight excluding hydrogens is 328 g/mol. The summed E-state index contributed by atoms with van der Waals surface area (Å²) in [5, 5.41) is 12.1. The van der Waals surface area contributed by atoms with Gasteiger partial charge in [0.05, 0.1) is 23.8 Å². The van der Waals surface area contributed by atoms with Crippen LogP contribution in [0.25, 0.3) is 0 Å². The molecule has 1 N–H and O–H groups in total. The molecule has 1 atom stereocenters. The first-order valence-corrected chi connectivity index (χ1v) is 8.59. The minimum atomic E-state index is -0.111. The number of likely N-dealkylation sites (tertiary alicyclic amines) is 1. The number of rotatable bonds is 3. The molecule has 3 rings (SSSR count). The van der Waals surface area contributed by atoms with Gasteiger partial charge < -0.3 is 15.0 Å². The molecule has 2 aliphatic rings. The number of benzene rings is 1. The van der Waals surface area contributed by atoms with E-state index in [-0.39, 0.29) is 6.03 Å². The number of amides is 2. The number of carbonyl (C=O) groups is 1. The molecule has 0 saturated carbocycles. The molecule has 24 heavy (non-hydrogen) atoms. The molecule has 2 heterocycles. The second kappa shape index (κ2) is 7.84. The molecule has 2 amide bonds. The fourth-order valence-corrected chi connectivity index (χ4v) is 3.42. The number of ether oxygens (including phenoxy) is 1. The van der Waals surface area contributed by atoms with E-state index < -0.39 is 0 Å². The smallest absolute Gasteiger partial charge is 0.321 e. The summed E-state index contributed by atoms with van der Waals surface area (Å²) in [6, 6.07) is 6.82. The number of morpholine rings is 1. The van der Waals surface area contributed by atoms with Crippen LogP contribution in [0.15, 0.2) is 18.2 Å². The highest BCUT2D eigenvalue weighted by atomic mass is 35.5. The number of urea groups is 1. The molecule has 0 aromatic heterocycles. The minimum Gasteiger partial charge on any atom is -0.379 e. The maximum atomic E-state index is 12.4. The summed E-state index contributed by atoms with van der Waals surface area (Å²) in [6.45, 7) is 6.12. The Balaban J connectivity index is 1.51. The van der Waals surface area contributed by atoms with Crippen LogP contribution in [0, 0.1) is 17.2 Å². The van der Waals surface area contributed by atoms with Crippen molar-refractivity contribution in [3.63, 3.8) is 0 Å². The zero-order valence-electron chi connectivity index (χ0n) is 13.5. The number of nitriles is 1. The number of nitrogens with zero attached hydrogens (tertiary/aromatic N) is 3. The molecule has 0 unspecified atom stereocenters. The third-order valence-corrected chi connectivity index (χ3v) is 4.85. The Morgan fingerprint density at radius 3 is 2.88 bits per heavy atom. The molecule has 2 saturated heterocycles. The summed E-state index contributed by atoms with van der Waals surface area (Å²) in [5.41, 5.74) is 1.02. The van der Waals surface area contributed by atoms with Crippen molar-refractivity contribution >= 4 is 23.3 Å². The van der Waals surface area contributed by atoms with Gasteiger partial charge in [-0.2, -0.15) is 5.26 Å². The molecule has 0 spiro atoms. The van der Waals surface area contributed by atoms with Crippen molar-refractivity contribution in [2.24, 2.45) is 5.92 Å². The molecule has 6 nitrogen and oxygen atoms in total. The van der Waals surface area contributed by atoms with E-state index in [1.807, 2.05) is 11.0 Å². The van der Waals surface area contributed by atoms with Gasteiger partial charge in [-0.1, -0.05) is 11.6 Å². The standard InChI is InChI=1S/C17H21ClN4O2/c18-16-9-15(2-1-14(16)10-19)20-17(23)22-4-3-13(12-22)11-21-5-7-24-8-6-21/h1-2,9,13H,3-8,11-12H2,(H,20,23)/t13-/m1/s1. The van der Waals surface area contributed by atoms with Gasteiger partial charge in [-0.15, -0.1) is 0 Å². The highest BCUT2D eigenvalue weighted by Crippen LogP contribution is 2.22. The van der Waals surface area contributed by atoms with Crippen molar-refractivity contribution in [2.75, 3.05) is 51.3 Å². The lowest BCUT2D eigenvalue weighted by molar-refractivity contribution is 0.0314. The lowest BCUT2D eigenvalue weighted by atomic mass is 10.1. The fraction of sp³-hybridized carbons (Fsp3) is 0.529. The van der Waals surface area contributed by atoms with Crippen molar-refractivity contribution in [3.8, 4) is 6.07 Å². The lowest BCUT2D eigenvalue weighted by Crippen LogP contribution is -2.40. The van der Waals surface area contributed by atoms with E-state index >= 15 is 0 Å². The van der Waals surface area contributed by atoms with Gasteiger partial charge in [-0.3, -0.25) is 4.90 Å². The van der Waals surface area contributed by atoms with E-state index in [0.717, 1.165) is 52.4 Å². The van der Waals surface area contributed by atoms with Crippen molar-refractivity contribution in [3.05, 3.63) is 28.8 Å². The molecule has 0 bridgehead atoms. The van der Waals surface area contributed by atoms with Gasteiger partial charge >= 0.3 is 6.03 Å². The third-order valence-electron chi connectivity index (χ3n) is 4.53. The van der Waals surface area contributed by atoms with E-state index in [9.17, 15) is 4.79 Å². The predicted octanol–water partition coefficient (Wildman–Crippen LogP) is 2.40. The molecule has 128 valence electrons. The van der Waals surface area contributed by atoms with Gasteiger partial charge in [0.15, 0.2) is 0 Å². The highest BCUT2D eigenvalue weighted by molar-refractivity contribution is 6.32. The van der Waals surface area contributed by atoms with Gasteiger partial charge in [-0.25, -0.2) is 4.79 Å². The van der Waals surface area contributed by atoms with E-state index in [2.05, 4.69) is 10.2 Å². The molecule has 0 radical (unpaired) electrons. The first kappa shape index (κ1) is 17.0. The second-order valence-corrected chi connectivity index (χ2v) is 6.66. The van der Waals surface area contributed by atoms with Crippen molar-refractivity contribution < 1.29 is 9.53 Å². The molecule has 2 fully saturated rings. The molecular formula is C17H21ClN4O2. The van der Waals surface area contributed by atoms with Crippen LogP contribution in [0.1, 0.15) is 12.0 Å². The fourth-order valence-electron chi connectivity index (χ4n) is 3.20. The molecule has 1 aromatic rings. The van der Waals surface area contributed by atoms with Crippen molar-refractivity contribution in [1.29, 1.82) is 5.26 Å². The van der Waals surface area contributed by atoms with Crippen molar-refractivity contribution in [2.45, 2.75) is 6.42 Å². The average Bonchev–Trinajstić information content (AvgIpc) is 3.04. The third kappa shape index (κ3) is 4.18. The Morgan fingerprint density at radius 1 is 1.38 bits per heavy atom. The zero-order valence-corrected chi connectivity index (χ0v) is 14.3. The van der Waals surface area contributed by atoms with Gasteiger partial charge in [0, 0.05) is 38.4 Å². The first-order valence-electron chi connectivity index (χ1n) is 8.21. The normalized spacial score (nSPS) is 21.5. The molecule has 0 aliphatic carbocycles. The van der Waals surface area contributed by atoms with E-state index in [4.69, 9.17) is 21.6 Å². The predicted molar refractivity (Wildman–Crippen MR) is 92.1 cm³/mol. The number of hydrogen-bond donors (Lipinski definition) is 1. The van der Waals surface area contributed by atoms with Crippen molar-refractivity contribution in [1.82, 2.24) is 9.80 Å². The summed E-state index contributed by atoms with van der Waals surface area (Å²) in [5.74, 6) is 0.512. The largest absolute Gasteiger partial charge is 0.379 e. The monoisotopic (exact) mass is 348 g/mol. The van der Waals surface area contributed by atoms with Crippen LogP contribution in [0.5, 0.6) is 0 Å². The Morgan fingerprint density at radius 2 is 2.17 bits per heavy atom. The summed E-state index contributed by atoms with van der Waals surface area (Å²) in [4.78, 5) is 16.6. The zero-order chi connectivity index (χ0) is 16.9. The van der Waals surface area contributed by atoms with E-state index in [0.29, 0.717) is 22.2 Å². The van der Waals surface area contributed by atoms with E-state index in [1.165, 1.54) is 0 Å². The SMILES string of the molecule is N#Cc1ccc(NC(=O)N2CC[C@H](CN3CCOCC3)C2)cc1Cl. The van der Waals surface area contributed by atoms with Crippen LogP contribution in [-0.4, -0.2) is 61.8 Å². The van der Waals surface area contributed by atoms with Gasteiger partial charge in [-0.05, 0) is 30.5 Å². The van der Waals surface area contributed by atoms with Crippen LogP contribution >= 0.6 is 11.6 Å². The van der Waals surface area contributed by atoms with Crippen LogP contribution in [0.3, 0.4) is 0 Å². The Bertz CT molecular complexity index is 640. The van der Waals surface area contributed by atoms with Gasteiger partial charge in [0.25, 0.3) is 0 Å². The van der Waals surface area contributed by atoms with E-state index in [1.54, 1.807) is 18.2 Å². The Hall–Kier alpha value is -1.81. The number of halogens is 1. The average molecular weight is 349 g/mol. The number of hydrogen-bond acceptors (Lipinski definition) is 4. The second-order valence-electron chi connectivity index (χ2n) is 6.25. The van der Waals surface area contributed by atoms with Gasteiger partial charge in [0.2, 0.25) is 0 Å². The highest BCUT2D eigenvalue weighted by Gasteiger charge is 2.28. The molecule has 2 aliphatic heterocycles. The van der Waals surface area contributed by atoms with Crippen LogP contribution < -0.4 is 5.32 Å². The number of nitrogens with one attached hydrogen (secondary N) is 1. The summed E-state index contributed by atoms with van der Waals surface area (Å²) >= 11 is 6.00. The minimum absolute atomic E-state index is 0.111. The molecule has 7 heteroatoms. The summed E-state index contributed by atoms with van der Waals surface area (Å²) < 4.78 is 5.37. The molecule has 1 aromatic carbocycles. The lowest BCUT2D eigenvalue weighted by Gasteiger charge is -2.29. The maximum Gasteiger partial charge on any atom is 0.321 e. The summed E-state index contributed by atoms with van der Waals surface area (Å²) in [7, 11) is 0. The van der Waals surface area contributed by atoms with Crippen LogP contribution in [0.2, 0.25) is 5.02 Å². The van der Waals surface area contributed by atoms with Crippen LogP contribution in [-0.2, 0) is 4.74 Å². The van der Waals surface area contributed by atoms with Crippen LogP contribution in [0.4, 0.5) is 10.5 Å². The maximum absolute atomic E-state index is 12.4. The topological polar surface area (TPSA) is 68.6 Å². The first-order chi connectivity index (χ1) is 11.7. The quantitative estimate of drug-likeness (QED) is 0.910. The Kier molecular flexibility index (Phi) is 5.56. The summed E-state index contributed by atoms with van der Waals surface area (Å²) in [6.07, 6.45) is 1.03. The Labute approximate surface area is 146 Å². The number of anilines is 1. The number of carbonyl (C=O) groups excluding carboxylic acids is 1.